The van der Waals surface area contributed by atoms with Crippen LogP contribution in [-0.2, 0) is 11.3 Å². The molecule has 1 heterocycles. The third-order valence-electron chi connectivity index (χ3n) is 2.75. The number of thiophene rings is 1. The second-order valence-corrected chi connectivity index (χ2v) is 4.96. The predicted molar refractivity (Wildman–Crippen MR) is 72.0 cm³/mol. The minimum absolute atomic E-state index is 0.0998. The zero-order valence-electron chi connectivity index (χ0n) is 9.85. The van der Waals surface area contributed by atoms with Crippen LogP contribution in [0.5, 0.6) is 0 Å². The lowest BCUT2D eigenvalue weighted by Gasteiger charge is -2.16. The van der Waals surface area contributed by atoms with Gasteiger partial charge in [0.1, 0.15) is 0 Å². The average molecular weight is 248 g/mol. The van der Waals surface area contributed by atoms with E-state index < -0.39 is 0 Å². The largest absolute Gasteiger partial charge is 0.341 e. The summed E-state index contributed by atoms with van der Waals surface area (Å²) in [5, 5.41) is 3.36. The molecule has 3 nitrogen and oxygen atoms in total. The van der Waals surface area contributed by atoms with Crippen LogP contribution >= 0.6 is 11.3 Å². The first kappa shape index (κ1) is 12.1. The van der Waals surface area contributed by atoms with E-state index in [9.17, 15) is 4.79 Å². The second kappa shape index (κ2) is 5.29. The molecule has 0 unspecified atom stereocenters. The summed E-state index contributed by atoms with van der Waals surface area (Å²) in [6.07, 6.45) is 0.415. The lowest BCUT2D eigenvalue weighted by Crippen LogP contribution is -2.27. The van der Waals surface area contributed by atoms with Crippen LogP contribution < -0.4 is 5.73 Å². The van der Waals surface area contributed by atoms with Crippen molar-refractivity contribution in [3.8, 4) is 0 Å². The fraction of sp³-hybridized carbons (Fsp3) is 0.308. The Balaban J connectivity index is 2.16. The van der Waals surface area contributed by atoms with Crippen molar-refractivity contribution in [2.24, 2.45) is 5.73 Å². The molecule has 0 saturated heterocycles. The van der Waals surface area contributed by atoms with E-state index >= 15 is 0 Å². The van der Waals surface area contributed by atoms with Crippen LogP contribution in [0.15, 0.2) is 29.6 Å². The molecule has 0 aliphatic heterocycles. The van der Waals surface area contributed by atoms with Crippen molar-refractivity contribution in [3.63, 3.8) is 0 Å². The maximum absolute atomic E-state index is 11.7. The summed E-state index contributed by atoms with van der Waals surface area (Å²) in [6, 6.07) is 8.26. The van der Waals surface area contributed by atoms with Crippen LogP contribution in [0.2, 0.25) is 0 Å². The molecular weight excluding hydrogens is 232 g/mol. The number of fused-ring (bicyclic) bond motifs is 1. The van der Waals surface area contributed by atoms with Gasteiger partial charge in [-0.15, -0.1) is 11.3 Å². The molecule has 90 valence electrons. The molecule has 1 aromatic heterocycles. The zero-order valence-corrected chi connectivity index (χ0v) is 10.7. The summed E-state index contributed by atoms with van der Waals surface area (Å²) < 4.78 is 1.27. The van der Waals surface area contributed by atoms with Gasteiger partial charge in [0.15, 0.2) is 0 Å². The summed E-state index contributed by atoms with van der Waals surface area (Å²) in [6.45, 7) is 1.07. The van der Waals surface area contributed by atoms with Gasteiger partial charge in [-0.25, -0.2) is 0 Å². The molecule has 4 heteroatoms. The van der Waals surface area contributed by atoms with Crippen LogP contribution in [0.4, 0.5) is 0 Å². The summed E-state index contributed by atoms with van der Waals surface area (Å²) in [5.41, 5.74) is 6.59. The topological polar surface area (TPSA) is 46.3 Å². The van der Waals surface area contributed by atoms with E-state index in [-0.39, 0.29) is 5.91 Å². The third kappa shape index (κ3) is 2.65. The Labute approximate surface area is 105 Å². The molecule has 0 radical (unpaired) electrons. The van der Waals surface area contributed by atoms with Crippen LogP contribution in [0.1, 0.15) is 12.0 Å². The van der Waals surface area contributed by atoms with Crippen LogP contribution in [0.25, 0.3) is 10.1 Å². The molecule has 1 amide bonds. The zero-order chi connectivity index (χ0) is 12.3. The van der Waals surface area contributed by atoms with Crippen molar-refractivity contribution in [1.29, 1.82) is 0 Å². The van der Waals surface area contributed by atoms with E-state index in [0.717, 1.165) is 0 Å². The average Bonchev–Trinajstić information content (AvgIpc) is 2.73. The maximum Gasteiger partial charge on any atom is 0.223 e. The summed E-state index contributed by atoms with van der Waals surface area (Å²) in [5.74, 6) is 0.0998. The number of benzene rings is 1. The van der Waals surface area contributed by atoms with E-state index in [4.69, 9.17) is 5.73 Å². The molecule has 17 heavy (non-hydrogen) atoms. The molecule has 0 atom stereocenters. The highest BCUT2D eigenvalue weighted by molar-refractivity contribution is 7.17. The van der Waals surface area contributed by atoms with E-state index in [0.29, 0.717) is 19.5 Å². The number of carbonyl (C=O) groups excluding carboxylic acids is 1. The molecule has 1 aromatic carbocycles. The van der Waals surface area contributed by atoms with Gasteiger partial charge < -0.3 is 10.6 Å². The standard InChI is InChI=1S/C13H16N2OS/c1-15(13(16)6-7-14)8-10-9-17-12-5-3-2-4-11(10)12/h2-5,9H,6-8,14H2,1H3. The van der Waals surface area contributed by atoms with E-state index in [1.807, 2.05) is 19.2 Å². The summed E-state index contributed by atoms with van der Waals surface area (Å²) >= 11 is 1.72. The molecule has 0 aliphatic rings. The second-order valence-electron chi connectivity index (χ2n) is 4.05. The molecule has 2 N–H and O–H groups in total. The van der Waals surface area contributed by atoms with Gasteiger partial charge in [-0.1, -0.05) is 18.2 Å². The smallest absolute Gasteiger partial charge is 0.223 e. The highest BCUT2D eigenvalue weighted by Gasteiger charge is 2.10. The molecule has 2 aromatic rings. The highest BCUT2D eigenvalue weighted by Crippen LogP contribution is 2.26. The molecule has 0 saturated carbocycles. The Morgan fingerprint density at radius 2 is 2.18 bits per heavy atom. The van der Waals surface area contributed by atoms with Gasteiger partial charge in [0.25, 0.3) is 0 Å². The SMILES string of the molecule is CN(Cc1csc2ccccc12)C(=O)CCN. The maximum atomic E-state index is 11.7. The first-order valence-corrected chi connectivity index (χ1v) is 6.49. The van der Waals surface area contributed by atoms with Crippen molar-refractivity contribution >= 4 is 27.3 Å². The Morgan fingerprint density at radius 1 is 1.41 bits per heavy atom. The normalized spacial score (nSPS) is 10.7. The Bertz CT molecular complexity index is 521. The quantitative estimate of drug-likeness (QED) is 0.901. The molecule has 0 bridgehead atoms. The number of rotatable bonds is 4. The number of amides is 1. The van der Waals surface area contributed by atoms with Gasteiger partial charge in [-0.3, -0.25) is 4.79 Å². The van der Waals surface area contributed by atoms with Crippen LogP contribution in [0, 0.1) is 0 Å². The molecule has 0 aliphatic carbocycles. The van der Waals surface area contributed by atoms with Gasteiger partial charge in [-0.2, -0.15) is 0 Å². The Kier molecular flexibility index (Phi) is 3.76. The van der Waals surface area contributed by atoms with Crippen molar-refractivity contribution in [1.82, 2.24) is 4.90 Å². The first-order chi connectivity index (χ1) is 8.22. The Hall–Kier alpha value is -1.39. The summed E-state index contributed by atoms with van der Waals surface area (Å²) in [4.78, 5) is 13.4. The predicted octanol–water partition coefficient (Wildman–Crippen LogP) is 2.21. The Morgan fingerprint density at radius 3 is 2.94 bits per heavy atom. The van der Waals surface area contributed by atoms with Gasteiger partial charge in [0.2, 0.25) is 5.91 Å². The molecule has 0 spiro atoms. The monoisotopic (exact) mass is 248 g/mol. The minimum atomic E-state index is 0.0998. The van der Waals surface area contributed by atoms with E-state index in [2.05, 4.69) is 17.5 Å². The van der Waals surface area contributed by atoms with E-state index in [1.54, 1.807) is 16.2 Å². The number of hydrogen-bond donors (Lipinski definition) is 1. The number of nitrogens with zero attached hydrogens (tertiary/aromatic N) is 1. The first-order valence-electron chi connectivity index (χ1n) is 5.61. The fourth-order valence-corrected chi connectivity index (χ4v) is 2.77. The highest BCUT2D eigenvalue weighted by atomic mass is 32.1. The van der Waals surface area contributed by atoms with Gasteiger partial charge in [-0.05, 0) is 22.4 Å². The van der Waals surface area contributed by atoms with Crippen LogP contribution in [-0.4, -0.2) is 24.4 Å². The van der Waals surface area contributed by atoms with Crippen molar-refractivity contribution in [3.05, 3.63) is 35.2 Å². The van der Waals surface area contributed by atoms with Crippen molar-refractivity contribution in [2.75, 3.05) is 13.6 Å². The number of nitrogens with two attached hydrogens (primary N) is 1. The molecular formula is C13H16N2OS. The summed E-state index contributed by atoms with van der Waals surface area (Å²) in [7, 11) is 1.82. The molecule has 2 rings (SSSR count). The van der Waals surface area contributed by atoms with Crippen molar-refractivity contribution in [2.45, 2.75) is 13.0 Å². The minimum Gasteiger partial charge on any atom is -0.341 e. The van der Waals surface area contributed by atoms with Gasteiger partial charge in [0, 0.05) is 31.3 Å². The fourth-order valence-electron chi connectivity index (χ4n) is 1.81. The number of carbonyl (C=O) groups is 1. The van der Waals surface area contributed by atoms with Gasteiger partial charge in [0.05, 0.1) is 0 Å². The van der Waals surface area contributed by atoms with E-state index in [1.165, 1.54) is 15.6 Å². The van der Waals surface area contributed by atoms with Crippen LogP contribution in [0.3, 0.4) is 0 Å². The van der Waals surface area contributed by atoms with Crippen molar-refractivity contribution < 1.29 is 4.79 Å². The number of hydrogen-bond acceptors (Lipinski definition) is 3. The van der Waals surface area contributed by atoms with Gasteiger partial charge >= 0.3 is 0 Å². The third-order valence-corrected chi connectivity index (χ3v) is 3.76. The molecule has 0 fully saturated rings. The lowest BCUT2D eigenvalue weighted by atomic mass is 10.1. The lowest BCUT2D eigenvalue weighted by molar-refractivity contribution is -0.130.